The summed E-state index contributed by atoms with van der Waals surface area (Å²) in [5, 5.41) is 3.05. The van der Waals surface area contributed by atoms with Crippen molar-refractivity contribution in [1.82, 2.24) is 19.9 Å². The zero-order valence-electron chi connectivity index (χ0n) is 18.7. The van der Waals surface area contributed by atoms with E-state index in [4.69, 9.17) is 25.2 Å². The molecular weight excluding hydrogens is 430 g/mol. The molecule has 1 amide bonds. The summed E-state index contributed by atoms with van der Waals surface area (Å²) in [6, 6.07) is 13.1. The third-order valence-electron chi connectivity index (χ3n) is 6.46. The predicted octanol–water partition coefficient (Wildman–Crippen LogP) is 4.50. The number of allylic oxidation sites excluding steroid dienone is 1. The maximum atomic E-state index is 13.4. The summed E-state index contributed by atoms with van der Waals surface area (Å²) in [6.07, 6.45) is 7.85. The zero-order chi connectivity index (χ0) is 23.1. The van der Waals surface area contributed by atoms with Crippen LogP contribution in [-0.2, 0) is 0 Å². The number of nitrogens with one attached hydrogen (secondary N) is 1. The van der Waals surface area contributed by atoms with Crippen molar-refractivity contribution in [3.63, 3.8) is 0 Å². The van der Waals surface area contributed by atoms with Gasteiger partial charge in [-0.05, 0) is 56.4 Å². The number of aromatic nitrogens is 3. The highest BCUT2D eigenvalue weighted by atomic mass is 16.7. The van der Waals surface area contributed by atoms with Gasteiger partial charge in [0, 0.05) is 12.6 Å². The number of rotatable bonds is 5. The molecule has 3 N–H and O–H groups in total. The molecule has 2 aromatic carbocycles. The Balaban J connectivity index is 1.43. The molecule has 172 valence electrons. The number of carbonyl (C=O) groups is 1. The Bertz CT molecular complexity index is 1460. The molecular formula is C26H25N5O3. The van der Waals surface area contributed by atoms with Crippen molar-refractivity contribution in [3.8, 4) is 17.2 Å². The average Bonchev–Trinajstić information content (AvgIpc) is 3.44. The number of nitrogen functional groups attached to an aromatic ring is 1. The number of nitrogens with zero attached hydrogens (tertiary/aromatic N) is 3. The lowest BCUT2D eigenvalue weighted by molar-refractivity contribution is 0.0956. The Kier molecular flexibility index (Phi) is 5.05. The summed E-state index contributed by atoms with van der Waals surface area (Å²) in [5.41, 5.74) is 11.5. The van der Waals surface area contributed by atoms with Crippen molar-refractivity contribution in [2.45, 2.75) is 32.1 Å². The number of amides is 1. The van der Waals surface area contributed by atoms with Gasteiger partial charge in [-0.2, -0.15) is 0 Å². The molecule has 2 aliphatic rings. The number of nitrogens with two attached hydrogens (primary N) is 1. The molecule has 0 unspecified atom stereocenters. The van der Waals surface area contributed by atoms with Gasteiger partial charge in [0.25, 0.3) is 5.91 Å². The number of hydrogen-bond donors (Lipinski definition) is 2. The van der Waals surface area contributed by atoms with Crippen molar-refractivity contribution in [3.05, 3.63) is 59.7 Å². The monoisotopic (exact) mass is 455 g/mol. The van der Waals surface area contributed by atoms with Crippen molar-refractivity contribution in [2.75, 3.05) is 19.1 Å². The molecule has 0 bridgehead atoms. The second kappa shape index (κ2) is 8.37. The van der Waals surface area contributed by atoms with Crippen molar-refractivity contribution in [2.24, 2.45) is 0 Å². The van der Waals surface area contributed by atoms with Crippen LogP contribution < -0.4 is 20.5 Å². The lowest BCUT2D eigenvalue weighted by atomic mass is 9.97. The first-order valence-electron chi connectivity index (χ1n) is 11.6. The standard InChI is InChI=1S/C26H25N5O3/c27-24-22(26(32)28-13-12-16-6-2-1-3-7-16)23-25(30-19-9-5-4-8-18(19)29-23)31(24)17-10-11-20-21(14-17)34-15-33-20/h4-6,8-11,14H,1-3,7,12-13,15,27H2,(H,28,32). The maximum Gasteiger partial charge on any atom is 0.257 e. The third kappa shape index (κ3) is 3.51. The van der Waals surface area contributed by atoms with Gasteiger partial charge in [0.1, 0.15) is 16.9 Å². The molecule has 0 atom stereocenters. The van der Waals surface area contributed by atoms with Crippen LogP contribution in [0.4, 0.5) is 5.82 Å². The summed E-state index contributed by atoms with van der Waals surface area (Å²) >= 11 is 0. The van der Waals surface area contributed by atoms with Crippen LogP contribution >= 0.6 is 0 Å². The SMILES string of the molecule is Nc1c(C(=O)NCCC2=CCCCC2)c2nc3ccccc3nc2n1-c1ccc2c(c1)OCO2. The Hall–Kier alpha value is -4.07. The fourth-order valence-electron chi connectivity index (χ4n) is 4.73. The second-order valence-electron chi connectivity index (χ2n) is 8.63. The summed E-state index contributed by atoms with van der Waals surface area (Å²) in [6.45, 7) is 0.733. The first-order valence-corrected chi connectivity index (χ1v) is 11.6. The fraction of sp³-hybridized carbons (Fsp3) is 0.269. The van der Waals surface area contributed by atoms with Crippen LogP contribution in [0.3, 0.4) is 0 Å². The lowest BCUT2D eigenvalue weighted by Crippen LogP contribution is -2.26. The Morgan fingerprint density at radius 2 is 1.88 bits per heavy atom. The average molecular weight is 456 g/mol. The normalized spacial score (nSPS) is 15.0. The zero-order valence-corrected chi connectivity index (χ0v) is 18.7. The molecule has 3 heterocycles. The second-order valence-corrected chi connectivity index (χ2v) is 8.63. The van der Waals surface area contributed by atoms with Crippen LogP contribution in [0.2, 0.25) is 0 Å². The molecule has 0 saturated heterocycles. The molecule has 34 heavy (non-hydrogen) atoms. The smallest absolute Gasteiger partial charge is 0.257 e. The van der Waals surface area contributed by atoms with Crippen molar-refractivity contribution in [1.29, 1.82) is 0 Å². The summed E-state index contributed by atoms with van der Waals surface area (Å²) in [5.74, 6) is 1.34. The molecule has 8 nitrogen and oxygen atoms in total. The van der Waals surface area contributed by atoms with Gasteiger partial charge in [-0.1, -0.05) is 23.8 Å². The third-order valence-corrected chi connectivity index (χ3v) is 6.46. The van der Waals surface area contributed by atoms with E-state index in [0.717, 1.165) is 30.5 Å². The molecule has 0 spiro atoms. The number of ether oxygens (including phenoxy) is 2. The fourth-order valence-corrected chi connectivity index (χ4v) is 4.73. The molecule has 1 aliphatic carbocycles. The van der Waals surface area contributed by atoms with E-state index in [1.165, 1.54) is 18.4 Å². The number of anilines is 1. The van der Waals surface area contributed by atoms with Gasteiger partial charge in [0.2, 0.25) is 6.79 Å². The molecule has 4 aromatic rings. The van der Waals surface area contributed by atoms with Crippen molar-refractivity contribution >= 4 is 33.9 Å². The Labute approximate surface area is 196 Å². The summed E-state index contributed by atoms with van der Waals surface area (Å²) in [7, 11) is 0. The van der Waals surface area contributed by atoms with Crippen LogP contribution in [0, 0.1) is 0 Å². The van der Waals surface area contributed by atoms with E-state index in [-0.39, 0.29) is 12.7 Å². The van der Waals surface area contributed by atoms with E-state index >= 15 is 0 Å². The van der Waals surface area contributed by atoms with Gasteiger partial charge in [-0.3, -0.25) is 9.36 Å². The molecule has 2 aromatic heterocycles. The van der Waals surface area contributed by atoms with Crippen LogP contribution in [0.1, 0.15) is 42.5 Å². The topological polar surface area (TPSA) is 104 Å². The number of carbonyl (C=O) groups excluding carboxylic acids is 1. The van der Waals surface area contributed by atoms with Gasteiger partial charge in [0.05, 0.1) is 16.7 Å². The minimum atomic E-state index is -0.247. The largest absolute Gasteiger partial charge is 0.454 e. The van der Waals surface area contributed by atoms with E-state index in [1.807, 2.05) is 42.5 Å². The summed E-state index contributed by atoms with van der Waals surface area (Å²) in [4.78, 5) is 23.0. The van der Waals surface area contributed by atoms with E-state index in [9.17, 15) is 4.79 Å². The number of fused-ring (bicyclic) bond motifs is 3. The minimum absolute atomic E-state index is 0.176. The molecule has 0 radical (unpaired) electrons. The van der Waals surface area contributed by atoms with Gasteiger partial charge >= 0.3 is 0 Å². The van der Waals surface area contributed by atoms with Crippen LogP contribution in [0.25, 0.3) is 27.9 Å². The highest BCUT2D eigenvalue weighted by molar-refractivity contribution is 6.11. The van der Waals surface area contributed by atoms with Gasteiger partial charge < -0.3 is 20.5 Å². The molecule has 0 fully saturated rings. The molecule has 1 aliphatic heterocycles. The minimum Gasteiger partial charge on any atom is -0.454 e. The number of para-hydroxylation sites is 2. The van der Waals surface area contributed by atoms with E-state index in [1.54, 1.807) is 4.57 Å². The predicted molar refractivity (Wildman–Crippen MR) is 130 cm³/mol. The number of benzene rings is 2. The number of hydrogen-bond acceptors (Lipinski definition) is 6. The van der Waals surface area contributed by atoms with Crippen LogP contribution in [0.15, 0.2) is 54.1 Å². The van der Waals surface area contributed by atoms with Gasteiger partial charge in [0.15, 0.2) is 17.1 Å². The lowest BCUT2D eigenvalue weighted by Gasteiger charge is -2.13. The van der Waals surface area contributed by atoms with Crippen molar-refractivity contribution < 1.29 is 14.3 Å². The van der Waals surface area contributed by atoms with Crippen LogP contribution in [-0.4, -0.2) is 33.8 Å². The van der Waals surface area contributed by atoms with E-state index in [0.29, 0.717) is 46.1 Å². The quantitative estimate of drug-likeness (QED) is 0.429. The first kappa shape index (κ1) is 20.5. The van der Waals surface area contributed by atoms with Gasteiger partial charge in [-0.15, -0.1) is 0 Å². The highest BCUT2D eigenvalue weighted by Gasteiger charge is 2.26. The Morgan fingerprint density at radius 3 is 2.71 bits per heavy atom. The molecule has 0 saturated carbocycles. The molecule has 8 heteroatoms. The van der Waals surface area contributed by atoms with Crippen LogP contribution in [0.5, 0.6) is 11.5 Å². The first-order chi connectivity index (χ1) is 16.7. The Morgan fingerprint density at radius 1 is 1.06 bits per heavy atom. The van der Waals surface area contributed by atoms with E-state index in [2.05, 4.69) is 11.4 Å². The molecule has 6 rings (SSSR count). The highest BCUT2D eigenvalue weighted by Crippen LogP contribution is 2.37. The van der Waals surface area contributed by atoms with Gasteiger partial charge in [-0.25, -0.2) is 9.97 Å². The van der Waals surface area contributed by atoms with E-state index < -0.39 is 0 Å². The summed E-state index contributed by atoms with van der Waals surface area (Å²) < 4.78 is 12.8. The maximum absolute atomic E-state index is 13.4.